The molecule has 0 bridgehead atoms. The van der Waals surface area contributed by atoms with Gasteiger partial charge in [-0.3, -0.25) is 0 Å². The van der Waals surface area contributed by atoms with E-state index in [9.17, 15) is 0 Å². The Bertz CT molecular complexity index is 2600. The van der Waals surface area contributed by atoms with Gasteiger partial charge in [0.25, 0.3) is 0 Å². The van der Waals surface area contributed by atoms with Crippen molar-refractivity contribution in [3.63, 3.8) is 0 Å². The maximum absolute atomic E-state index is 2.38. The van der Waals surface area contributed by atoms with Gasteiger partial charge in [0, 0.05) is 16.9 Å². The van der Waals surface area contributed by atoms with E-state index in [1.807, 2.05) is 0 Å². The zero-order valence-corrected chi connectivity index (χ0v) is 28.2. The molecule has 0 fully saturated rings. The van der Waals surface area contributed by atoms with Crippen molar-refractivity contribution in [1.82, 2.24) is 0 Å². The van der Waals surface area contributed by atoms with E-state index in [0.717, 1.165) is 17.1 Å². The number of rotatable bonds is 7. The maximum atomic E-state index is 2.38. The lowest BCUT2D eigenvalue weighted by Crippen LogP contribution is -2.11. The van der Waals surface area contributed by atoms with E-state index in [2.05, 4.69) is 217 Å². The fraction of sp³-hybridized carbons (Fsp3) is 0. The van der Waals surface area contributed by atoms with Gasteiger partial charge >= 0.3 is 0 Å². The van der Waals surface area contributed by atoms with Crippen LogP contribution in [0.2, 0.25) is 0 Å². The highest BCUT2D eigenvalue weighted by Crippen LogP contribution is 2.43. The van der Waals surface area contributed by atoms with Crippen LogP contribution in [0.25, 0.3) is 66.1 Å². The van der Waals surface area contributed by atoms with Gasteiger partial charge < -0.3 is 4.90 Å². The number of fused-ring (bicyclic) bond motifs is 2. The zero-order chi connectivity index (χ0) is 34.0. The average molecular weight is 650 g/mol. The van der Waals surface area contributed by atoms with E-state index in [4.69, 9.17) is 0 Å². The predicted molar refractivity (Wildman–Crippen MR) is 218 cm³/mol. The summed E-state index contributed by atoms with van der Waals surface area (Å²) in [5.74, 6) is 0. The van der Waals surface area contributed by atoms with E-state index in [0.29, 0.717) is 0 Å². The molecule has 0 saturated heterocycles. The highest BCUT2D eigenvalue weighted by atomic mass is 15.1. The molecule has 9 aromatic carbocycles. The Hall–Kier alpha value is -6.70. The first-order valence-corrected chi connectivity index (χ1v) is 17.5. The quantitative estimate of drug-likeness (QED) is 0.166. The van der Waals surface area contributed by atoms with Gasteiger partial charge in [0.05, 0.1) is 5.69 Å². The van der Waals surface area contributed by atoms with Crippen LogP contribution in [-0.2, 0) is 0 Å². The van der Waals surface area contributed by atoms with Crippen molar-refractivity contribution < 1.29 is 0 Å². The zero-order valence-electron chi connectivity index (χ0n) is 28.2. The summed E-state index contributed by atoms with van der Waals surface area (Å²) in [6, 6.07) is 76.6. The number of para-hydroxylation sites is 1. The minimum atomic E-state index is 1.10. The fourth-order valence-corrected chi connectivity index (χ4v) is 7.35. The molecule has 0 aromatic heterocycles. The van der Waals surface area contributed by atoms with Crippen molar-refractivity contribution in [2.75, 3.05) is 4.90 Å². The summed E-state index contributed by atoms with van der Waals surface area (Å²) >= 11 is 0. The average Bonchev–Trinajstić information content (AvgIpc) is 3.22. The molecule has 0 aliphatic carbocycles. The van der Waals surface area contributed by atoms with E-state index >= 15 is 0 Å². The fourth-order valence-electron chi connectivity index (χ4n) is 7.35. The normalized spacial score (nSPS) is 11.1. The highest BCUT2D eigenvalue weighted by Gasteiger charge is 2.18. The molecule has 0 amide bonds. The Kier molecular flexibility index (Phi) is 7.92. The minimum absolute atomic E-state index is 1.10. The molecule has 0 saturated carbocycles. The first kappa shape index (κ1) is 30.4. The molecule has 9 aromatic rings. The predicted octanol–water partition coefficient (Wildman–Crippen LogP) is 14.1. The highest BCUT2D eigenvalue weighted by molar-refractivity contribution is 6.04. The van der Waals surface area contributed by atoms with Crippen molar-refractivity contribution in [1.29, 1.82) is 0 Å². The molecule has 0 unspecified atom stereocenters. The second-order valence-electron chi connectivity index (χ2n) is 12.9. The van der Waals surface area contributed by atoms with Crippen molar-refractivity contribution in [2.45, 2.75) is 0 Å². The topological polar surface area (TPSA) is 3.24 Å². The standard InChI is InChI=1S/C50H35N/c1-3-14-38(15-4-1)46-20-11-12-22-49(46)51(44-30-25-37(26-31-44)43-24-23-36-13-7-8-19-42(36)35-43)45-32-27-40(28-33-45)48-34-29-39-16-9-10-21-47(39)50(48)41-17-5-2-6-18-41/h1-35H. The van der Waals surface area contributed by atoms with Crippen LogP contribution in [0.5, 0.6) is 0 Å². The van der Waals surface area contributed by atoms with Gasteiger partial charge in [0.15, 0.2) is 0 Å². The summed E-state index contributed by atoms with van der Waals surface area (Å²) in [5.41, 5.74) is 13.0. The molecule has 1 nitrogen and oxygen atoms in total. The van der Waals surface area contributed by atoms with Crippen molar-refractivity contribution in [3.05, 3.63) is 212 Å². The molecule has 0 aliphatic rings. The summed E-state index contributed by atoms with van der Waals surface area (Å²) < 4.78 is 0. The molecule has 9 rings (SSSR count). The Morgan fingerprint density at radius 2 is 0.784 bits per heavy atom. The van der Waals surface area contributed by atoms with Crippen LogP contribution >= 0.6 is 0 Å². The van der Waals surface area contributed by atoms with Gasteiger partial charge in [-0.1, -0.05) is 176 Å². The molecule has 51 heavy (non-hydrogen) atoms. The van der Waals surface area contributed by atoms with Gasteiger partial charge in [-0.2, -0.15) is 0 Å². The minimum Gasteiger partial charge on any atom is -0.310 e. The molecule has 0 heterocycles. The monoisotopic (exact) mass is 649 g/mol. The van der Waals surface area contributed by atoms with Crippen LogP contribution in [0.1, 0.15) is 0 Å². The second kappa shape index (κ2) is 13.3. The molecule has 0 aliphatic heterocycles. The number of anilines is 3. The summed E-state index contributed by atoms with van der Waals surface area (Å²) in [7, 11) is 0. The molecular weight excluding hydrogens is 615 g/mol. The van der Waals surface area contributed by atoms with Crippen LogP contribution in [-0.4, -0.2) is 0 Å². The Labute approximate surface area is 299 Å². The Morgan fingerprint density at radius 3 is 1.51 bits per heavy atom. The van der Waals surface area contributed by atoms with Crippen molar-refractivity contribution >= 4 is 38.6 Å². The van der Waals surface area contributed by atoms with Gasteiger partial charge in [-0.25, -0.2) is 0 Å². The first-order valence-electron chi connectivity index (χ1n) is 17.5. The Balaban J connectivity index is 1.16. The number of nitrogens with zero attached hydrogens (tertiary/aromatic N) is 1. The molecule has 0 N–H and O–H groups in total. The lowest BCUT2D eigenvalue weighted by Gasteiger charge is -2.28. The van der Waals surface area contributed by atoms with Crippen molar-refractivity contribution in [2.24, 2.45) is 0 Å². The van der Waals surface area contributed by atoms with Gasteiger partial charge in [0.1, 0.15) is 0 Å². The summed E-state index contributed by atoms with van der Waals surface area (Å²) in [6.45, 7) is 0. The Morgan fingerprint density at radius 1 is 0.275 bits per heavy atom. The van der Waals surface area contributed by atoms with Gasteiger partial charge in [-0.15, -0.1) is 0 Å². The second-order valence-corrected chi connectivity index (χ2v) is 12.9. The maximum Gasteiger partial charge on any atom is 0.0540 e. The first-order chi connectivity index (χ1) is 25.3. The molecule has 240 valence electrons. The molecular formula is C50H35N. The summed E-state index contributed by atoms with van der Waals surface area (Å²) in [5, 5.41) is 5.01. The number of benzene rings is 9. The van der Waals surface area contributed by atoms with E-state index in [-0.39, 0.29) is 0 Å². The van der Waals surface area contributed by atoms with E-state index < -0.39 is 0 Å². The smallest absolute Gasteiger partial charge is 0.0540 e. The lowest BCUT2D eigenvalue weighted by atomic mass is 9.89. The summed E-state index contributed by atoms with van der Waals surface area (Å²) in [6.07, 6.45) is 0. The van der Waals surface area contributed by atoms with Crippen LogP contribution in [0.4, 0.5) is 17.1 Å². The van der Waals surface area contributed by atoms with Crippen LogP contribution in [0.3, 0.4) is 0 Å². The van der Waals surface area contributed by atoms with E-state index in [1.165, 1.54) is 66.1 Å². The van der Waals surface area contributed by atoms with Crippen molar-refractivity contribution in [3.8, 4) is 44.5 Å². The molecule has 0 spiro atoms. The number of hydrogen-bond acceptors (Lipinski definition) is 1. The van der Waals surface area contributed by atoms with Crippen LogP contribution < -0.4 is 4.90 Å². The third-order valence-electron chi connectivity index (χ3n) is 9.87. The molecule has 0 atom stereocenters. The molecule has 0 radical (unpaired) electrons. The molecule has 1 heteroatoms. The van der Waals surface area contributed by atoms with Crippen LogP contribution in [0, 0.1) is 0 Å². The van der Waals surface area contributed by atoms with Crippen LogP contribution in [0.15, 0.2) is 212 Å². The third kappa shape index (κ3) is 5.86. The van der Waals surface area contributed by atoms with Gasteiger partial charge in [0.2, 0.25) is 0 Å². The lowest BCUT2D eigenvalue weighted by molar-refractivity contribution is 1.28. The SMILES string of the molecule is c1ccc(-c2ccccc2N(c2ccc(-c3ccc4ccccc4c3)cc2)c2ccc(-c3ccc4ccccc4c3-c3ccccc3)cc2)cc1. The van der Waals surface area contributed by atoms with Gasteiger partial charge in [-0.05, 0) is 96.9 Å². The van der Waals surface area contributed by atoms with E-state index in [1.54, 1.807) is 0 Å². The largest absolute Gasteiger partial charge is 0.310 e. The third-order valence-corrected chi connectivity index (χ3v) is 9.87. The summed E-state index contributed by atoms with van der Waals surface area (Å²) in [4.78, 5) is 2.38. The number of hydrogen-bond donors (Lipinski definition) is 0.